The first-order valence-electron chi connectivity index (χ1n) is 13.8. The van der Waals surface area contributed by atoms with Crippen molar-refractivity contribution in [2.75, 3.05) is 19.4 Å². The van der Waals surface area contributed by atoms with Crippen molar-refractivity contribution in [3.8, 4) is 5.75 Å². The number of hydrogen-bond donors (Lipinski definition) is 1. The van der Waals surface area contributed by atoms with E-state index in [0.717, 1.165) is 10.6 Å². The topological polar surface area (TPSA) is 125 Å². The van der Waals surface area contributed by atoms with Crippen molar-refractivity contribution in [1.82, 2.24) is 19.0 Å². The quantitative estimate of drug-likeness (QED) is 0.260. The molecule has 0 radical (unpaired) electrons. The van der Waals surface area contributed by atoms with Crippen molar-refractivity contribution in [2.24, 2.45) is 0 Å². The number of halogens is 2. The van der Waals surface area contributed by atoms with Crippen LogP contribution in [0.5, 0.6) is 5.75 Å². The molecule has 43 heavy (non-hydrogen) atoms. The van der Waals surface area contributed by atoms with Crippen LogP contribution in [0.2, 0.25) is 0 Å². The first kappa shape index (κ1) is 33.0. The van der Waals surface area contributed by atoms with Crippen LogP contribution in [0.4, 0.5) is 19.3 Å². The number of ether oxygens (including phenoxy) is 2. The lowest BCUT2D eigenvalue weighted by Crippen LogP contribution is -2.30. The molecule has 1 aromatic carbocycles. The van der Waals surface area contributed by atoms with Crippen LogP contribution in [-0.2, 0) is 20.9 Å². The number of nitrogens with zero attached hydrogens (tertiary/aromatic N) is 4. The van der Waals surface area contributed by atoms with Gasteiger partial charge in [0.2, 0.25) is 17.6 Å². The van der Waals surface area contributed by atoms with E-state index in [0.29, 0.717) is 12.8 Å². The third-order valence-electron chi connectivity index (χ3n) is 5.88. The van der Waals surface area contributed by atoms with E-state index in [1.54, 1.807) is 54.8 Å². The minimum atomic E-state index is -1.26. The number of pyridine rings is 1. The van der Waals surface area contributed by atoms with Gasteiger partial charge in [0.15, 0.2) is 11.6 Å². The van der Waals surface area contributed by atoms with Crippen molar-refractivity contribution in [2.45, 2.75) is 72.1 Å². The number of imidazole rings is 1. The maximum atomic E-state index is 14.8. The van der Waals surface area contributed by atoms with Gasteiger partial charge in [0, 0.05) is 32.8 Å². The van der Waals surface area contributed by atoms with Crippen LogP contribution in [0.25, 0.3) is 11.0 Å². The van der Waals surface area contributed by atoms with Crippen LogP contribution in [0.3, 0.4) is 0 Å². The molecule has 3 rings (SSSR count). The molecule has 13 heteroatoms. The van der Waals surface area contributed by atoms with Gasteiger partial charge in [-0.15, -0.1) is 0 Å². The number of rotatable bonds is 10. The lowest BCUT2D eigenvalue weighted by atomic mass is 10.2. The Kier molecular flexibility index (Phi) is 10.4. The van der Waals surface area contributed by atoms with E-state index < -0.39 is 46.6 Å². The summed E-state index contributed by atoms with van der Waals surface area (Å²) >= 11 is 0. The molecule has 1 N–H and O–H groups in total. The van der Waals surface area contributed by atoms with E-state index >= 15 is 0 Å². The highest BCUT2D eigenvalue weighted by molar-refractivity contribution is 5.92. The number of fused-ring (bicyclic) bond motifs is 1. The van der Waals surface area contributed by atoms with Crippen LogP contribution in [0.1, 0.15) is 59.7 Å². The molecule has 0 saturated carbocycles. The Hall–Kier alpha value is -4.55. The average molecular weight is 602 g/mol. The Bertz CT molecular complexity index is 1600. The van der Waals surface area contributed by atoms with Crippen molar-refractivity contribution in [1.29, 1.82) is 0 Å². The number of carbonyl (C=O) groups is 3. The third kappa shape index (κ3) is 8.49. The number of allylic oxidation sites excluding steroid dienone is 1. The minimum absolute atomic E-state index is 0.00771. The predicted molar refractivity (Wildman–Crippen MR) is 157 cm³/mol. The molecule has 0 saturated heterocycles. The summed E-state index contributed by atoms with van der Waals surface area (Å²) in [6.45, 7) is 7.90. The average Bonchev–Trinajstić information content (AvgIpc) is 3.25. The number of aromatic nitrogens is 3. The molecule has 0 aliphatic heterocycles. The molecule has 0 fully saturated rings. The van der Waals surface area contributed by atoms with Crippen molar-refractivity contribution in [3.63, 3.8) is 0 Å². The highest BCUT2D eigenvalue weighted by atomic mass is 19.2. The van der Waals surface area contributed by atoms with Gasteiger partial charge in [-0.2, -0.15) is 4.39 Å². The van der Waals surface area contributed by atoms with Crippen LogP contribution in [0.15, 0.2) is 41.3 Å². The fraction of sp³-hybridized carbons (Fsp3) is 0.433. The van der Waals surface area contributed by atoms with E-state index in [1.165, 1.54) is 33.9 Å². The van der Waals surface area contributed by atoms with E-state index in [9.17, 15) is 28.0 Å². The second-order valence-corrected chi connectivity index (χ2v) is 11.3. The van der Waals surface area contributed by atoms with Gasteiger partial charge in [0.25, 0.3) is 5.56 Å². The Morgan fingerprint density at radius 3 is 2.51 bits per heavy atom. The number of hydrogen-bond acceptors (Lipinski definition) is 7. The van der Waals surface area contributed by atoms with Crippen LogP contribution in [-0.4, -0.2) is 62.7 Å². The molecule has 2 amide bonds. The summed E-state index contributed by atoms with van der Waals surface area (Å²) < 4.78 is 42.6. The van der Waals surface area contributed by atoms with Gasteiger partial charge in [0.1, 0.15) is 22.6 Å². The monoisotopic (exact) mass is 601 g/mol. The number of unbranched alkanes of at least 4 members (excludes halogenated alkanes) is 1. The molecule has 2 heterocycles. The number of carbonyl (C=O) groups excluding carboxylic acids is 3. The van der Waals surface area contributed by atoms with E-state index in [4.69, 9.17) is 9.47 Å². The fourth-order valence-electron chi connectivity index (χ4n) is 3.97. The Morgan fingerprint density at radius 1 is 1.19 bits per heavy atom. The van der Waals surface area contributed by atoms with Gasteiger partial charge in [-0.1, -0.05) is 6.08 Å². The van der Waals surface area contributed by atoms with Crippen molar-refractivity contribution in [3.05, 3.63) is 64.4 Å². The number of anilines is 1. The maximum Gasteiger partial charge on any atom is 0.420 e. The lowest BCUT2D eigenvalue weighted by molar-refractivity contribution is -0.123. The van der Waals surface area contributed by atoms with Crippen LogP contribution < -0.4 is 15.6 Å². The lowest BCUT2D eigenvalue weighted by Gasteiger charge is -2.20. The number of amides is 2. The summed E-state index contributed by atoms with van der Waals surface area (Å²) in [4.78, 5) is 56.4. The van der Waals surface area contributed by atoms with E-state index in [-0.39, 0.29) is 41.4 Å². The minimum Gasteiger partial charge on any atom is -0.486 e. The maximum absolute atomic E-state index is 14.8. The zero-order chi connectivity index (χ0) is 32.1. The Balaban J connectivity index is 1.93. The molecule has 232 valence electrons. The van der Waals surface area contributed by atoms with Crippen molar-refractivity contribution < 1.29 is 32.6 Å². The van der Waals surface area contributed by atoms with E-state index in [1.807, 2.05) is 0 Å². The number of likely N-dealkylation sites (N-methyl/N-ethyl adjacent to an activating group) is 1. The third-order valence-corrected chi connectivity index (χ3v) is 5.88. The SMILES string of the molecule is CC(C)Oc1c(F)c(F)cc2c1nc(Cn1cccc(NC(=O)CCC/C=C/C(=O)N(C)C)c1=O)n2C(=O)OC(C)(C)C. The highest BCUT2D eigenvalue weighted by Gasteiger charge is 2.28. The first-order chi connectivity index (χ1) is 20.1. The summed E-state index contributed by atoms with van der Waals surface area (Å²) in [6.07, 6.45) is 4.15. The van der Waals surface area contributed by atoms with Gasteiger partial charge in [-0.25, -0.2) is 18.7 Å². The second-order valence-electron chi connectivity index (χ2n) is 11.3. The van der Waals surface area contributed by atoms with E-state index in [2.05, 4.69) is 10.3 Å². The fourth-order valence-corrected chi connectivity index (χ4v) is 3.97. The molecule has 0 aliphatic carbocycles. The standard InChI is InChI=1S/C30H37F2N5O6/c1-18(2)42-27-25(32)19(31)16-21-26(27)34-22(37(21)29(41)43-30(3,4)5)17-36-15-11-12-20(28(36)40)33-23(38)13-9-8-10-14-24(39)35(6)7/h10-12,14-16,18H,8-9,13,17H2,1-7H3,(H,33,38)/b14-10+. The smallest absolute Gasteiger partial charge is 0.420 e. The Labute approximate surface area is 248 Å². The summed E-state index contributed by atoms with van der Waals surface area (Å²) in [5.41, 5.74) is -1.75. The summed E-state index contributed by atoms with van der Waals surface area (Å²) in [6, 6.07) is 3.78. The number of benzene rings is 1. The molecule has 3 aromatic rings. The highest BCUT2D eigenvalue weighted by Crippen LogP contribution is 2.33. The molecule has 0 unspecified atom stereocenters. The molecule has 0 atom stereocenters. The van der Waals surface area contributed by atoms with Gasteiger partial charge in [-0.3, -0.25) is 14.4 Å². The van der Waals surface area contributed by atoms with Gasteiger partial charge < -0.3 is 24.3 Å². The second kappa shape index (κ2) is 13.6. The largest absolute Gasteiger partial charge is 0.486 e. The molecule has 0 spiro atoms. The molecule has 11 nitrogen and oxygen atoms in total. The van der Waals surface area contributed by atoms with Crippen LogP contribution >= 0.6 is 0 Å². The van der Waals surface area contributed by atoms with Gasteiger partial charge in [-0.05, 0) is 65.7 Å². The zero-order valence-electron chi connectivity index (χ0n) is 25.4. The first-order valence-corrected chi connectivity index (χ1v) is 13.8. The van der Waals surface area contributed by atoms with Crippen LogP contribution in [0, 0.1) is 11.6 Å². The van der Waals surface area contributed by atoms with Gasteiger partial charge in [0.05, 0.1) is 18.2 Å². The molecule has 0 aliphatic rings. The zero-order valence-corrected chi connectivity index (χ0v) is 25.4. The molecule has 2 aromatic heterocycles. The summed E-state index contributed by atoms with van der Waals surface area (Å²) in [7, 11) is 3.27. The van der Waals surface area contributed by atoms with Gasteiger partial charge >= 0.3 is 6.09 Å². The normalized spacial score (nSPS) is 11.8. The molecular weight excluding hydrogens is 564 g/mol. The summed E-state index contributed by atoms with van der Waals surface area (Å²) in [5, 5.41) is 2.59. The Morgan fingerprint density at radius 2 is 1.88 bits per heavy atom. The van der Waals surface area contributed by atoms with Crippen molar-refractivity contribution >= 4 is 34.6 Å². The summed E-state index contributed by atoms with van der Waals surface area (Å²) in [5.74, 6) is -3.59. The predicted octanol–water partition coefficient (Wildman–Crippen LogP) is 4.85. The molecular formula is C30H37F2N5O6. The molecule has 0 bridgehead atoms. The number of nitrogens with one attached hydrogen (secondary N) is 1.